The van der Waals surface area contributed by atoms with Crippen LogP contribution >= 0.6 is 0 Å². The molecule has 0 radical (unpaired) electrons. The van der Waals surface area contributed by atoms with Crippen LogP contribution in [0.2, 0.25) is 0 Å². The van der Waals surface area contributed by atoms with Crippen molar-refractivity contribution < 1.29 is 18.3 Å². The molecule has 0 aromatic rings. The minimum atomic E-state index is -2.59. The van der Waals surface area contributed by atoms with Gasteiger partial charge >= 0.3 is 5.97 Å². The number of carbonyl (C=O) groups is 1. The number of rotatable bonds is 1. The summed E-state index contributed by atoms with van der Waals surface area (Å²) in [5, 5.41) is 0. The van der Waals surface area contributed by atoms with E-state index in [1.807, 2.05) is 0 Å². The first kappa shape index (κ1) is 8.43. The molecule has 0 unspecified atom stereocenters. The number of ether oxygens (including phenoxy) is 1. The summed E-state index contributed by atoms with van der Waals surface area (Å²) in [6.07, 6.45) is 0.859. The quantitative estimate of drug-likeness (QED) is 0.634. The molecule has 6 fully saturated rings. The van der Waals surface area contributed by atoms with Gasteiger partial charge in [-0.1, -0.05) is 0 Å². The average molecular weight is 226 g/mol. The molecular weight excluding hydrogens is 214 g/mol. The van der Waals surface area contributed by atoms with Crippen LogP contribution in [0.3, 0.4) is 0 Å². The Balaban J connectivity index is 1.77. The van der Waals surface area contributed by atoms with Crippen LogP contribution in [-0.2, 0) is 9.53 Å². The van der Waals surface area contributed by atoms with Crippen LogP contribution in [0.4, 0.5) is 8.78 Å². The molecule has 0 saturated heterocycles. The molecule has 0 N–H and O–H groups in total. The molecule has 2 nitrogen and oxygen atoms in total. The maximum absolute atomic E-state index is 14.2. The van der Waals surface area contributed by atoms with Crippen LogP contribution in [0.5, 0.6) is 0 Å². The van der Waals surface area contributed by atoms with E-state index in [9.17, 15) is 13.6 Å². The van der Waals surface area contributed by atoms with E-state index in [4.69, 9.17) is 4.74 Å². The first-order valence-electron chi connectivity index (χ1n) is 6.04. The number of methoxy groups -OCH3 is 1. The number of hydrogen-bond donors (Lipinski definition) is 0. The van der Waals surface area contributed by atoms with Crippen LogP contribution in [0.25, 0.3) is 0 Å². The monoisotopic (exact) mass is 226 g/mol. The lowest BCUT2D eigenvalue weighted by Crippen LogP contribution is -2.70. The van der Waals surface area contributed by atoms with Gasteiger partial charge in [0.25, 0.3) is 5.92 Å². The van der Waals surface area contributed by atoms with Crippen LogP contribution in [0.1, 0.15) is 6.42 Å². The van der Waals surface area contributed by atoms with Gasteiger partial charge in [0.1, 0.15) is 0 Å². The van der Waals surface area contributed by atoms with Crippen molar-refractivity contribution in [3.05, 3.63) is 0 Å². The van der Waals surface area contributed by atoms with E-state index in [1.165, 1.54) is 7.11 Å². The Labute approximate surface area is 91.3 Å². The van der Waals surface area contributed by atoms with E-state index in [0.717, 1.165) is 6.42 Å². The molecule has 0 spiro atoms. The molecule has 6 rings (SSSR count). The first-order chi connectivity index (χ1) is 7.57. The maximum Gasteiger partial charge on any atom is 0.312 e. The lowest BCUT2D eigenvalue weighted by molar-refractivity contribution is -0.248. The zero-order valence-electron chi connectivity index (χ0n) is 8.82. The molecule has 0 aliphatic heterocycles. The third-order valence-corrected chi connectivity index (χ3v) is 6.65. The fourth-order valence-corrected chi connectivity index (χ4v) is 6.80. The highest BCUT2D eigenvalue weighted by molar-refractivity contribution is 5.83. The molecule has 6 saturated carbocycles. The van der Waals surface area contributed by atoms with Gasteiger partial charge in [-0.3, -0.25) is 4.79 Å². The summed E-state index contributed by atoms with van der Waals surface area (Å²) in [5.41, 5.74) is -0.757. The Bertz CT molecular complexity index is 448. The zero-order chi connectivity index (χ0) is 11.0. The highest BCUT2D eigenvalue weighted by atomic mass is 19.3. The molecule has 0 aromatic heterocycles. The van der Waals surface area contributed by atoms with Crippen molar-refractivity contribution in [1.82, 2.24) is 0 Å². The topological polar surface area (TPSA) is 26.3 Å². The maximum atomic E-state index is 14.2. The van der Waals surface area contributed by atoms with Crippen molar-refractivity contribution in [1.29, 1.82) is 0 Å². The predicted octanol–water partition coefficient (Wildman–Crippen LogP) is 1.55. The third kappa shape index (κ3) is 0.422. The van der Waals surface area contributed by atoms with Gasteiger partial charge in [0.05, 0.1) is 12.5 Å². The van der Waals surface area contributed by atoms with Gasteiger partial charge in [0.15, 0.2) is 0 Å². The Hall–Kier alpha value is -0.670. The molecule has 0 amide bonds. The Morgan fingerprint density at radius 1 is 1.31 bits per heavy atom. The fraction of sp³-hybridized carbons (Fsp3) is 0.917. The molecule has 0 aromatic carbocycles. The normalized spacial score (nSPS) is 69.1. The van der Waals surface area contributed by atoms with Gasteiger partial charge in [-0.05, 0) is 36.0 Å². The Kier molecular flexibility index (Phi) is 0.962. The molecular formula is C12H12F2O2. The smallest absolute Gasteiger partial charge is 0.312 e. The van der Waals surface area contributed by atoms with Crippen molar-refractivity contribution in [3.8, 4) is 0 Å². The second-order valence-corrected chi connectivity index (χ2v) is 6.29. The second kappa shape index (κ2) is 1.83. The van der Waals surface area contributed by atoms with E-state index >= 15 is 0 Å². The summed E-state index contributed by atoms with van der Waals surface area (Å²) >= 11 is 0. The van der Waals surface area contributed by atoms with Gasteiger partial charge < -0.3 is 4.74 Å². The summed E-state index contributed by atoms with van der Waals surface area (Å²) in [4.78, 5) is 12.0. The lowest BCUT2D eigenvalue weighted by Gasteiger charge is -2.67. The molecule has 6 aliphatic carbocycles. The van der Waals surface area contributed by atoms with Gasteiger partial charge in [-0.25, -0.2) is 8.78 Å². The second-order valence-electron chi connectivity index (χ2n) is 6.29. The summed E-state index contributed by atoms with van der Waals surface area (Å²) in [6, 6.07) is 0. The largest absolute Gasteiger partial charge is 0.469 e. The van der Waals surface area contributed by atoms with Crippen molar-refractivity contribution in [2.45, 2.75) is 12.3 Å². The standard InChI is InChI=1S/C12H12F2O2/c1-16-10(15)11-4-2-3-5-6(4)7(11)8(5)12(13,14)9(3)11/h3-9H,2H2,1H3/t3-,4-,5+,6-,7+,8-,9+,11+/m0/s1. The zero-order valence-corrected chi connectivity index (χ0v) is 8.82. The van der Waals surface area contributed by atoms with Gasteiger partial charge in [-0.2, -0.15) is 0 Å². The summed E-state index contributed by atoms with van der Waals surface area (Å²) in [7, 11) is 1.34. The van der Waals surface area contributed by atoms with Crippen LogP contribution in [0.15, 0.2) is 0 Å². The van der Waals surface area contributed by atoms with Crippen molar-refractivity contribution in [3.63, 3.8) is 0 Å². The van der Waals surface area contributed by atoms with Crippen molar-refractivity contribution >= 4 is 5.97 Å². The molecule has 6 aliphatic rings. The fourth-order valence-electron chi connectivity index (χ4n) is 6.80. The highest BCUT2D eigenvalue weighted by Gasteiger charge is 3.00. The molecule has 86 valence electrons. The first-order valence-corrected chi connectivity index (χ1v) is 6.04. The van der Waals surface area contributed by atoms with Crippen LogP contribution in [0, 0.1) is 46.8 Å². The number of carbonyl (C=O) groups excluding carboxylic acids is 1. The van der Waals surface area contributed by atoms with E-state index in [1.54, 1.807) is 0 Å². The van der Waals surface area contributed by atoms with Crippen molar-refractivity contribution in [2.75, 3.05) is 7.11 Å². The van der Waals surface area contributed by atoms with Crippen LogP contribution in [-0.4, -0.2) is 19.0 Å². The number of alkyl halides is 2. The molecule has 8 atom stereocenters. The minimum absolute atomic E-state index is 0.0336. The van der Waals surface area contributed by atoms with E-state index in [-0.39, 0.29) is 29.6 Å². The average Bonchev–Trinajstić information content (AvgIpc) is 2.66. The molecule has 4 heteroatoms. The van der Waals surface area contributed by atoms with Gasteiger partial charge in [0.2, 0.25) is 0 Å². The van der Waals surface area contributed by atoms with E-state index in [2.05, 4.69) is 0 Å². The SMILES string of the molecule is COC(=O)[C@@]12[C@@H]3[C@@H]4[C@H]5[C@H](C[C@@H]41)[C@H]2C(F)(F)[C@@H]53. The lowest BCUT2D eigenvalue weighted by atomic mass is 9.34. The van der Waals surface area contributed by atoms with Crippen molar-refractivity contribution in [2.24, 2.45) is 46.8 Å². The van der Waals surface area contributed by atoms with Crippen LogP contribution < -0.4 is 0 Å². The number of esters is 1. The minimum Gasteiger partial charge on any atom is -0.469 e. The van der Waals surface area contributed by atoms with Gasteiger partial charge in [0, 0.05) is 11.8 Å². The summed E-state index contributed by atoms with van der Waals surface area (Å²) in [5.74, 6) is -3.07. The molecule has 4 bridgehead atoms. The highest BCUT2D eigenvalue weighted by Crippen LogP contribution is 2.96. The van der Waals surface area contributed by atoms with E-state index < -0.39 is 23.2 Å². The number of hydrogen-bond acceptors (Lipinski definition) is 2. The summed E-state index contributed by atoms with van der Waals surface area (Å²) in [6.45, 7) is 0. The summed E-state index contributed by atoms with van der Waals surface area (Å²) < 4.78 is 33.2. The predicted molar refractivity (Wildman–Crippen MR) is 48.4 cm³/mol. The molecule has 16 heavy (non-hydrogen) atoms. The number of halogens is 2. The Morgan fingerprint density at radius 2 is 2.06 bits per heavy atom. The third-order valence-electron chi connectivity index (χ3n) is 6.65. The Morgan fingerprint density at radius 3 is 2.75 bits per heavy atom. The van der Waals surface area contributed by atoms with Gasteiger partial charge in [-0.15, -0.1) is 0 Å². The molecule has 0 heterocycles. The van der Waals surface area contributed by atoms with E-state index in [0.29, 0.717) is 5.92 Å².